The molecule has 120 valence electrons. The average Bonchev–Trinajstić information content (AvgIpc) is 2.56. The van der Waals surface area contributed by atoms with Gasteiger partial charge in [-0.3, -0.25) is 9.55 Å². The van der Waals surface area contributed by atoms with Crippen molar-refractivity contribution in [1.82, 2.24) is 4.98 Å². The maximum absolute atomic E-state index is 12.5. The van der Waals surface area contributed by atoms with Gasteiger partial charge < -0.3 is 9.05 Å². The number of nitriles is 1. The number of rotatable bonds is 7. The van der Waals surface area contributed by atoms with Gasteiger partial charge in [-0.2, -0.15) is 5.26 Å². The summed E-state index contributed by atoms with van der Waals surface area (Å²) in [6, 6.07) is 13.2. The average molecular weight is 330 g/mol. The highest BCUT2D eigenvalue weighted by Gasteiger charge is 2.24. The zero-order valence-electron chi connectivity index (χ0n) is 13.2. The Bertz CT molecular complexity index is 728. The number of hydrogen-bond acceptors (Lipinski definition) is 5. The Hall–Kier alpha value is -1.99. The van der Waals surface area contributed by atoms with Crippen LogP contribution in [0.2, 0.25) is 0 Å². The SMILES string of the molecule is CCOP(=O)(Cc1ccc(-c2ccccc2C#N)cn1)OCC. The first-order valence-electron chi connectivity index (χ1n) is 7.44. The van der Waals surface area contributed by atoms with E-state index in [1.165, 1.54) is 0 Å². The van der Waals surface area contributed by atoms with Crippen molar-refractivity contribution < 1.29 is 13.6 Å². The molecule has 0 spiro atoms. The van der Waals surface area contributed by atoms with Crippen LogP contribution in [0.15, 0.2) is 42.6 Å². The van der Waals surface area contributed by atoms with Crippen LogP contribution in [0.1, 0.15) is 25.1 Å². The minimum Gasteiger partial charge on any atom is -0.309 e. The van der Waals surface area contributed by atoms with E-state index in [4.69, 9.17) is 14.3 Å². The van der Waals surface area contributed by atoms with Crippen molar-refractivity contribution in [3.05, 3.63) is 53.9 Å². The third-order valence-corrected chi connectivity index (χ3v) is 5.20. The molecule has 1 aromatic heterocycles. The van der Waals surface area contributed by atoms with Gasteiger partial charge in [0.1, 0.15) is 0 Å². The molecule has 0 fully saturated rings. The van der Waals surface area contributed by atoms with Gasteiger partial charge in [0.05, 0.1) is 36.7 Å². The summed E-state index contributed by atoms with van der Waals surface area (Å²) in [7, 11) is -3.16. The molecule has 0 amide bonds. The Morgan fingerprint density at radius 2 is 1.83 bits per heavy atom. The molecule has 0 radical (unpaired) electrons. The first-order chi connectivity index (χ1) is 11.1. The van der Waals surface area contributed by atoms with Gasteiger partial charge in [0.15, 0.2) is 0 Å². The summed E-state index contributed by atoms with van der Waals surface area (Å²) in [5, 5.41) is 9.16. The zero-order chi connectivity index (χ0) is 16.7. The van der Waals surface area contributed by atoms with E-state index in [0.717, 1.165) is 11.1 Å². The molecule has 1 aromatic carbocycles. The van der Waals surface area contributed by atoms with Crippen LogP contribution in [0.25, 0.3) is 11.1 Å². The molecule has 0 bridgehead atoms. The lowest BCUT2D eigenvalue weighted by molar-refractivity contribution is 0.219. The first-order valence-corrected chi connectivity index (χ1v) is 9.17. The number of hydrogen-bond donors (Lipinski definition) is 0. The van der Waals surface area contributed by atoms with Crippen molar-refractivity contribution in [3.8, 4) is 17.2 Å². The molecule has 2 aromatic rings. The van der Waals surface area contributed by atoms with Crippen LogP contribution in [0.5, 0.6) is 0 Å². The maximum Gasteiger partial charge on any atom is 0.336 e. The Kier molecular flexibility index (Phi) is 6.06. The van der Waals surface area contributed by atoms with Gasteiger partial charge in [-0.25, -0.2) is 0 Å². The molecular formula is C17H19N2O3P. The summed E-state index contributed by atoms with van der Waals surface area (Å²) in [5.74, 6) is 0. The van der Waals surface area contributed by atoms with E-state index in [-0.39, 0.29) is 6.16 Å². The molecule has 0 aliphatic heterocycles. The fourth-order valence-corrected chi connectivity index (χ4v) is 3.86. The fraction of sp³-hybridized carbons (Fsp3) is 0.294. The van der Waals surface area contributed by atoms with Crippen LogP contribution in [0.4, 0.5) is 0 Å². The molecule has 0 saturated heterocycles. The second kappa shape index (κ2) is 8.03. The Morgan fingerprint density at radius 1 is 1.13 bits per heavy atom. The van der Waals surface area contributed by atoms with E-state index in [1.807, 2.05) is 24.3 Å². The number of benzene rings is 1. The minimum absolute atomic E-state index is 0.134. The van der Waals surface area contributed by atoms with Gasteiger partial charge in [-0.15, -0.1) is 0 Å². The summed E-state index contributed by atoms with van der Waals surface area (Å²) in [6.07, 6.45) is 1.81. The Morgan fingerprint density at radius 3 is 2.39 bits per heavy atom. The van der Waals surface area contributed by atoms with E-state index in [2.05, 4.69) is 11.1 Å². The van der Waals surface area contributed by atoms with Crippen LogP contribution in [-0.4, -0.2) is 18.2 Å². The molecule has 0 saturated carbocycles. The van der Waals surface area contributed by atoms with Crippen LogP contribution in [0, 0.1) is 11.3 Å². The second-order valence-electron chi connectivity index (χ2n) is 4.80. The largest absolute Gasteiger partial charge is 0.336 e. The fourth-order valence-electron chi connectivity index (χ4n) is 2.23. The van der Waals surface area contributed by atoms with E-state index >= 15 is 0 Å². The molecule has 0 aliphatic rings. The monoisotopic (exact) mass is 330 g/mol. The van der Waals surface area contributed by atoms with Gasteiger partial charge in [0.25, 0.3) is 0 Å². The lowest BCUT2D eigenvalue weighted by Gasteiger charge is -2.16. The maximum atomic E-state index is 12.5. The minimum atomic E-state index is -3.16. The summed E-state index contributed by atoms with van der Waals surface area (Å²) in [4.78, 5) is 4.34. The lowest BCUT2D eigenvalue weighted by atomic mass is 10.0. The van der Waals surface area contributed by atoms with Gasteiger partial charge in [0, 0.05) is 17.3 Å². The molecule has 1 heterocycles. The van der Waals surface area contributed by atoms with E-state index in [1.54, 1.807) is 32.2 Å². The molecule has 0 aliphatic carbocycles. The summed E-state index contributed by atoms with van der Waals surface area (Å²) in [5.41, 5.74) is 2.89. The molecule has 23 heavy (non-hydrogen) atoms. The van der Waals surface area contributed by atoms with Gasteiger partial charge in [-0.05, 0) is 26.0 Å². The predicted octanol–water partition coefficient (Wildman–Crippen LogP) is 4.39. The molecule has 0 unspecified atom stereocenters. The highest BCUT2D eigenvalue weighted by atomic mass is 31.2. The predicted molar refractivity (Wildman–Crippen MR) is 89.0 cm³/mol. The zero-order valence-corrected chi connectivity index (χ0v) is 14.1. The van der Waals surface area contributed by atoms with Crippen LogP contribution in [-0.2, 0) is 19.8 Å². The third-order valence-electron chi connectivity index (χ3n) is 3.19. The smallest absolute Gasteiger partial charge is 0.309 e. The van der Waals surface area contributed by atoms with Crippen molar-refractivity contribution in [2.45, 2.75) is 20.0 Å². The Balaban J connectivity index is 2.23. The molecule has 2 rings (SSSR count). The van der Waals surface area contributed by atoms with Crippen molar-refractivity contribution in [2.75, 3.05) is 13.2 Å². The number of nitrogens with zero attached hydrogens (tertiary/aromatic N) is 2. The molecule has 5 nitrogen and oxygen atoms in total. The van der Waals surface area contributed by atoms with Crippen molar-refractivity contribution in [1.29, 1.82) is 5.26 Å². The summed E-state index contributed by atoms with van der Waals surface area (Å²) in [6.45, 7) is 4.21. The van der Waals surface area contributed by atoms with E-state index in [0.29, 0.717) is 24.5 Å². The van der Waals surface area contributed by atoms with Crippen molar-refractivity contribution >= 4 is 7.60 Å². The van der Waals surface area contributed by atoms with Crippen molar-refractivity contribution in [2.24, 2.45) is 0 Å². The van der Waals surface area contributed by atoms with Gasteiger partial charge in [-0.1, -0.05) is 24.3 Å². The normalized spacial score (nSPS) is 11.2. The highest BCUT2D eigenvalue weighted by molar-refractivity contribution is 7.53. The third kappa shape index (κ3) is 4.49. The van der Waals surface area contributed by atoms with Gasteiger partial charge in [0.2, 0.25) is 0 Å². The van der Waals surface area contributed by atoms with Crippen LogP contribution in [0.3, 0.4) is 0 Å². The topological polar surface area (TPSA) is 72.2 Å². The lowest BCUT2D eigenvalue weighted by Crippen LogP contribution is -2.00. The van der Waals surface area contributed by atoms with E-state index < -0.39 is 7.60 Å². The van der Waals surface area contributed by atoms with Crippen LogP contribution >= 0.6 is 7.60 Å². The number of pyridine rings is 1. The summed E-state index contributed by atoms with van der Waals surface area (Å²) >= 11 is 0. The van der Waals surface area contributed by atoms with E-state index in [9.17, 15) is 4.57 Å². The summed E-state index contributed by atoms with van der Waals surface area (Å²) < 4.78 is 23.1. The Labute approximate surface area is 136 Å². The quantitative estimate of drug-likeness (QED) is 0.704. The van der Waals surface area contributed by atoms with Crippen molar-refractivity contribution in [3.63, 3.8) is 0 Å². The molecule has 0 atom stereocenters. The molecular weight excluding hydrogens is 311 g/mol. The standard InChI is InChI=1S/C17H19N2O3P/c1-3-21-23(20,22-4-2)13-16-10-9-15(12-19-16)17-8-6-5-7-14(17)11-18/h5-10,12H,3-4,13H2,1-2H3. The molecule has 6 heteroatoms. The van der Waals surface area contributed by atoms with Crippen LogP contribution < -0.4 is 0 Å². The first kappa shape index (κ1) is 17.4. The molecule has 0 N–H and O–H groups in total. The van der Waals surface area contributed by atoms with Gasteiger partial charge >= 0.3 is 7.60 Å². The highest BCUT2D eigenvalue weighted by Crippen LogP contribution is 2.50. The second-order valence-corrected chi connectivity index (χ2v) is 6.85. The number of aromatic nitrogens is 1.